The van der Waals surface area contributed by atoms with E-state index in [0.29, 0.717) is 42.7 Å². The van der Waals surface area contributed by atoms with E-state index in [4.69, 9.17) is 4.74 Å². The number of carbonyl (C=O) groups is 2. The van der Waals surface area contributed by atoms with E-state index in [0.717, 1.165) is 0 Å². The van der Waals surface area contributed by atoms with E-state index in [1.807, 2.05) is 5.32 Å². The number of nitrogens with one attached hydrogen (secondary N) is 2. The third kappa shape index (κ3) is 10.9. The van der Waals surface area contributed by atoms with Crippen LogP contribution in [0.25, 0.3) is 0 Å². The summed E-state index contributed by atoms with van der Waals surface area (Å²) in [7, 11) is 0. The van der Waals surface area contributed by atoms with E-state index >= 15 is 0 Å². The zero-order valence-corrected chi connectivity index (χ0v) is 25.8. The van der Waals surface area contributed by atoms with Crippen molar-refractivity contribution in [1.29, 1.82) is 0 Å². The van der Waals surface area contributed by atoms with Gasteiger partial charge < -0.3 is 20.1 Å². The van der Waals surface area contributed by atoms with Crippen LogP contribution in [0.2, 0.25) is 0 Å². The molecule has 2 amide bonds. The monoisotopic (exact) mass is 732 g/mol. The van der Waals surface area contributed by atoms with Crippen molar-refractivity contribution in [1.82, 2.24) is 10.6 Å². The maximum Gasteiger partial charge on any atom is 0.461 e. The molecule has 0 aliphatic rings. The predicted octanol–water partition coefficient (Wildman–Crippen LogP) is 8.45. The zero-order chi connectivity index (χ0) is 37.5. The minimum absolute atomic E-state index is 0.0658. The minimum Gasteiger partial charge on any atom is -0.466 e. The largest absolute Gasteiger partial charge is 0.466 e. The Morgan fingerprint density at radius 1 is 0.820 bits per heavy atom. The number of carbonyl (C=O) groups excluding carboxylic acids is 2. The van der Waals surface area contributed by atoms with Gasteiger partial charge in [0, 0.05) is 18.9 Å². The molecule has 1 unspecified atom stereocenters. The van der Waals surface area contributed by atoms with E-state index in [9.17, 15) is 62.3 Å². The Kier molecular flexibility index (Phi) is 12.7. The second-order valence-electron chi connectivity index (χ2n) is 10.8. The summed E-state index contributed by atoms with van der Waals surface area (Å²) in [6.07, 6.45) is -20.1. The van der Waals surface area contributed by atoms with Crippen molar-refractivity contribution >= 4 is 12.0 Å². The lowest BCUT2D eigenvalue weighted by Gasteiger charge is -2.37. The molecular formula is C32H28F12N2O4. The van der Waals surface area contributed by atoms with Gasteiger partial charge in [0.25, 0.3) is 0 Å². The first-order valence-electron chi connectivity index (χ1n) is 14.5. The van der Waals surface area contributed by atoms with Gasteiger partial charge >= 0.3 is 36.9 Å². The molecule has 0 heterocycles. The number of halogens is 12. The van der Waals surface area contributed by atoms with Crippen molar-refractivity contribution < 1.29 is 71.7 Å². The van der Waals surface area contributed by atoms with E-state index in [1.54, 1.807) is 6.92 Å². The highest BCUT2D eigenvalue weighted by Crippen LogP contribution is 2.41. The molecule has 0 spiro atoms. The predicted molar refractivity (Wildman–Crippen MR) is 152 cm³/mol. The first kappa shape index (κ1) is 39.8. The standard InChI is InChI=1S/C32H28F12N2O4/c1-2-49-26(47)5-3-4-18-6-8-19(9-7-18)16-29(46-28(48)45-17-30(37,38)39,20-10-11-25(34)24(14-20)31(40,41)42)21-12-22(33)15-23(13-21)50-32(43,44)27(35)36/h6-15,27H,2-5,16-17H2,1H3,(H2,45,46,48). The number of benzene rings is 3. The van der Waals surface area contributed by atoms with Crippen LogP contribution in [0.1, 0.15) is 47.6 Å². The average Bonchev–Trinajstić information content (AvgIpc) is 2.99. The van der Waals surface area contributed by atoms with Crippen molar-refractivity contribution in [2.24, 2.45) is 0 Å². The molecule has 50 heavy (non-hydrogen) atoms. The maximum atomic E-state index is 15.0. The topological polar surface area (TPSA) is 76.7 Å². The summed E-state index contributed by atoms with van der Waals surface area (Å²) >= 11 is 0. The van der Waals surface area contributed by atoms with Crippen LogP contribution in [0.4, 0.5) is 57.5 Å². The van der Waals surface area contributed by atoms with Crippen molar-refractivity contribution in [2.75, 3.05) is 13.2 Å². The SMILES string of the molecule is CCOC(=O)CCCc1ccc(CC(NC(=O)NCC(F)(F)F)(c2cc(F)cc(OC(F)(F)C(F)F)c2)c2ccc(F)c(C(F)(F)F)c2)cc1. The van der Waals surface area contributed by atoms with Crippen molar-refractivity contribution in [2.45, 2.75) is 63.0 Å². The molecule has 1 atom stereocenters. The van der Waals surface area contributed by atoms with Gasteiger partial charge in [-0.05, 0) is 66.3 Å². The first-order chi connectivity index (χ1) is 23.1. The van der Waals surface area contributed by atoms with Crippen molar-refractivity contribution in [3.8, 4) is 5.75 Å². The van der Waals surface area contributed by atoms with Gasteiger partial charge in [0.2, 0.25) is 0 Å². The summed E-state index contributed by atoms with van der Waals surface area (Å²) in [4.78, 5) is 24.6. The highest BCUT2D eigenvalue weighted by atomic mass is 19.4. The van der Waals surface area contributed by atoms with Crippen LogP contribution in [0.5, 0.6) is 5.75 Å². The number of aryl methyl sites for hydroxylation is 1. The molecule has 0 aromatic heterocycles. The summed E-state index contributed by atoms with van der Waals surface area (Å²) in [5, 5.41) is 3.49. The van der Waals surface area contributed by atoms with E-state index in [1.165, 1.54) is 29.6 Å². The van der Waals surface area contributed by atoms with E-state index in [-0.39, 0.29) is 30.7 Å². The van der Waals surface area contributed by atoms with Gasteiger partial charge in [-0.25, -0.2) is 13.6 Å². The number of rotatable bonds is 14. The highest BCUT2D eigenvalue weighted by Gasteiger charge is 2.45. The lowest BCUT2D eigenvalue weighted by atomic mass is 9.77. The van der Waals surface area contributed by atoms with Gasteiger partial charge in [-0.3, -0.25) is 4.79 Å². The van der Waals surface area contributed by atoms with E-state index in [2.05, 4.69) is 4.74 Å². The summed E-state index contributed by atoms with van der Waals surface area (Å²) in [6.45, 7) is -0.175. The zero-order valence-electron chi connectivity index (χ0n) is 25.8. The van der Waals surface area contributed by atoms with Crippen LogP contribution in [0, 0.1) is 11.6 Å². The molecule has 0 radical (unpaired) electrons. The summed E-state index contributed by atoms with van der Waals surface area (Å²) in [6, 6.07) is 6.30. The third-order valence-electron chi connectivity index (χ3n) is 7.06. The van der Waals surface area contributed by atoms with Gasteiger partial charge in [0.15, 0.2) is 0 Å². The van der Waals surface area contributed by atoms with Gasteiger partial charge in [-0.15, -0.1) is 0 Å². The molecule has 274 valence electrons. The molecule has 18 heteroatoms. The van der Waals surface area contributed by atoms with Crippen LogP contribution in [0.15, 0.2) is 60.7 Å². The molecule has 0 saturated carbocycles. The second kappa shape index (κ2) is 15.9. The smallest absolute Gasteiger partial charge is 0.461 e. The summed E-state index contributed by atoms with van der Waals surface area (Å²) in [5.74, 6) is -5.07. The third-order valence-corrected chi connectivity index (χ3v) is 7.06. The Bertz CT molecular complexity index is 1630. The fourth-order valence-electron chi connectivity index (χ4n) is 4.86. The summed E-state index contributed by atoms with van der Waals surface area (Å²) in [5.41, 5.74) is -5.35. The summed E-state index contributed by atoms with van der Waals surface area (Å²) < 4.78 is 172. The molecule has 6 nitrogen and oxygen atoms in total. The molecule has 3 rings (SSSR count). The second-order valence-corrected chi connectivity index (χ2v) is 10.8. The molecule has 0 fully saturated rings. The van der Waals surface area contributed by atoms with Gasteiger partial charge in [-0.2, -0.15) is 43.9 Å². The quantitative estimate of drug-likeness (QED) is 0.129. The lowest BCUT2D eigenvalue weighted by molar-refractivity contribution is -0.253. The van der Waals surface area contributed by atoms with Crippen molar-refractivity contribution in [3.05, 3.63) is 100 Å². The van der Waals surface area contributed by atoms with Gasteiger partial charge in [0.05, 0.1) is 17.7 Å². The average molecular weight is 733 g/mol. The highest BCUT2D eigenvalue weighted by molar-refractivity contribution is 5.76. The molecule has 0 aliphatic carbocycles. The van der Waals surface area contributed by atoms with Crippen LogP contribution < -0.4 is 15.4 Å². The molecule has 3 aromatic carbocycles. The molecule has 0 saturated heterocycles. The normalized spacial score (nSPS) is 13.5. The fraction of sp³-hybridized carbons (Fsp3) is 0.375. The first-order valence-corrected chi connectivity index (χ1v) is 14.5. The molecular weight excluding hydrogens is 704 g/mol. The van der Waals surface area contributed by atoms with Crippen LogP contribution in [0.3, 0.4) is 0 Å². The molecule has 2 N–H and O–H groups in total. The van der Waals surface area contributed by atoms with Crippen LogP contribution in [-0.2, 0) is 34.1 Å². The number of hydrogen-bond donors (Lipinski definition) is 2. The maximum absolute atomic E-state index is 15.0. The fourth-order valence-corrected chi connectivity index (χ4v) is 4.86. The Morgan fingerprint density at radius 3 is 2.04 bits per heavy atom. The van der Waals surface area contributed by atoms with Gasteiger partial charge in [0.1, 0.15) is 23.9 Å². The Labute approximate surface area is 276 Å². The Morgan fingerprint density at radius 2 is 1.46 bits per heavy atom. The Hall–Kier alpha value is -4.64. The molecule has 0 bridgehead atoms. The van der Waals surface area contributed by atoms with Gasteiger partial charge in [-0.1, -0.05) is 30.3 Å². The number of alkyl halides is 10. The molecule has 3 aromatic rings. The number of urea groups is 1. The number of esters is 1. The number of ether oxygens (including phenoxy) is 2. The number of hydrogen-bond acceptors (Lipinski definition) is 4. The van der Waals surface area contributed by atoms with E-state index < -0.39 is 89.5 Å². The van der Waals surface area contributed by atoms with Crippen LogP contribution in [-0.4, -0.2) is 43.9 Å². The minimum atomic E-state index is -5.38. The molecule has 0 aliphatic heterocycles. The van der Waals surface area contributed by atoms with Crippen LogP contribution >= 0.6 is 0 Å². The van der Waals surface area contributed by atoms with Crippen molar-refractivity contribution in [3.63, 3.8) is 0 Å². The Balaban J connectivity index is 2.24. The lowest BCUT2D eigenvalue weighted by Crippen LogP contribution is -2.53. The number of amides is 2.